The van der Waals surface area contributed by atoms with Gasteiger partial charge in [-0.3, -0.25) is 4.79 Å². The van der Waals surface area contributed by atoms with Crippen molar-refractivity contribution in [2.75, 3.05) is 7.05 Å². The van der Waals surface area contributed by atoms with Gasteiger partial charge in [0.1, 0.15) is 0 Å². The zero-order valence-corrected chi connectivity index (χ0v) is 12.0. The van der Waals surface area contributed by atoms with E-state index in [2.05, 4.69) is 0 Å². The lowest BCUT2D eigenvalue weighted by atomic mass is 10.0. The first-order valence-electron chi connectivity index (χ1n) is 6.45. The van der Waals surface area contributed by atoms with E-state index in [9.17, 15) is 4.79 Å². The zero-order chi connectivity index (χ0) is 14.0. The molecule has 0 fully saturated rings. The monoisotopic (exact) mass is 278 g/mol. The van der Waals surface area contributed by atoms with Gasteiger partial charge in [0.05, 0.1) is 12.0 Å². The minimum atomic E-state index is -0.0957. The highest BCUT2D eigenvalue weighted by Crippen LogP contribution is 2.26. The normalized spacial score (nSPS) is 23.4. The highest BCUT2D eigenvalue weighted by atomic mass is 35.5. The van der Waals surface area contributed by atoms with Gasteiger partial charge in [-0.2, -0.15) is 0 Å². The molecule has 0 saturated heterocycles. The highest BCUT2D eigenvalue weighted by Gasteiger charge is 2.27. The number of carbonyl (C=O) groups is 1. The first-order valence-corrected chi connectivity index (χ1v) is 6.83. The molecular formula is C15H19ClN2O. The maximum atomic E-state index is 12.4. The van der Waals surface area contributed by atoms with Gasteiger partial charge in [0.25, 0.3) is 0 Å². The van der Waals surface area contributed by atoms with Crippen LogP contribution in [0.3, 0.4) is 0 Å². The molecule has 4 heteroatoms. The smallest absolute Gasteiger partial charge is 0.229 e. The molecule has 0 saturated carbocycles. The summed E-state index contributed by atoms with van der Waals surface area (Å²) in [5.41, 5.74) is 6.83. The van der Waals surface area contributed by atoms with Crippen LogP contribution in [0.5, 0.6) is 0 Å². The minimum absolute atomic E-state index is 0.00331. The molecule has 0 spiro atoms. The summed E-state index contributed by atoms with van der Waals surface area (Å²) in [7, 11) is 1.82. The number of carbonyl (C=O) groups excluding carboxylic acids is 1. The van der Waals surface area contributed by atoms with Crippen LogP contribution in [0.1, 0.15) is 24.9 Å². The van der Waals surface area contributed by atoms with Crippen LogP contribution < -0.4 is 5.73 Å². The summed E-state index contributed by atoms with van der Waals surface area (Å²) in [6, 6.07) is 7.61. The number of hydrogen-bond donors (Lipinski definition) is 1. The van der Waals surface area contributed by atoms with Crippen LogP contribution in [-0.4, -0.2) is 23.9 Å². The molecular weight excluding hydrogens is 260 g/mol. The molecule has 1 aromatic rings. The Morgan fingerprint density at radius 2 is 2.21 bits per heavy atom. The van der Waals surface area contributed by atoms with Gasteiger partial charge >= 0.3 is 0 Å². The van der Waals surface area contributed by atoms with Crippen LogP contribution in [0.2, 0.25) is 5.02 Å². The van der Waals surface area contributed by atoms with Crippen molar-refractivity contribution in [2.45, 2.75) is 25.4 Å². The summed E-state index contributed by atoms with van der Waals surface area (Å²) in [4.78, 5) is 14.1. The minimum Gasteiger partial charge on any atom is -0.338 e. The number of nitrogens with two attached hydrogens (primary N) is 1. The van der Waals surface area contributed by atoms with Crippen LogP contribution >= 0.6 is 11.6 Å². The van der Waals surface area contributed by atoms with Gasteiger partial charge in [-0.25, -0.2) is 0 Å². The van der Waals surface area contributed by atoms with Crippen molar-refractivity contribution in [1.82, 2.24) is 4.90 Å². The molecule has 0 bridgehead atoms. The third kappa shape index (κ3) is 3.17. The van der Waals surface area contributed by atoms with Gasteiger partial charge < -0.3 is 10.6 Å². The Morgan fingerprint density at radius 3 is 2.79 bits per heavy atom. The van der Waals surface area contributed by atoms with E-state index >= 15 is 0 Å². The highest BCUT2D eigenvalue weighted by molar-refractivity contribution is 6.30. The van der Waals surface area contributed by atoms with Gasteiger partial charge in [-0.05, 0) is 31.0 Å². The number of amides is 1. The molecule has 1 amide bonds. The lowest BCUT2D eigenvalue weighted by molar-refractivity contribution is -0.134. The molecule has 19 heavy (non-hydrogen) atoms. The molecule has 3 nitrogen and oxygen atoms in total. The fourth-order valence-corrected chi connectivity index (χ4v) is 2.55. The lowest BCUT2D eigenvalue weighted by Gasteiger charge is -2.27. The van der Waals surface area contributed by atoms with Gasteiger partial charge in [0.15, 0.2) is 0 Å². The molecule has 1 aliphatic rings. The summed E-state index contributed by atoms with van der Waals surface area (Å²) < 4.78 is 0. The Kier molecular flexibility index (Phi) is 4.27. The predicted molar refractivity (Wildman–Crippen MR) is 77.9 cm³/mol. The van der Waals surface area contributed by atoms with E-state index in [1.807, 2.05) is 50.4 Å². The Balaban J connectivity index is 2.09. The molecule has 2 N–H and O–H groups in total. The first kappa shape index (κ1) is 14.1. The Hall–Kier alpha value is -1.32. The van der Waals surface area contributed by atoms with E-state index in [-0.39, 0.29) is 23.9 Å². The second-order valence-electron chi connectivity index (χ2n) is 5.07. The largest absolute Gasteiger partial charge is 0.338 e. The molecule has 2 rings (SSSR count). The lowest BCUT2D eigenvalue weighted by Crippen LogP contribution is -2.34. The predicted octanol–water partition coefficient (Wildman–Crippen LogP) is 2.76. The van der Waals surface area contributed by atoms with E-state index in [1.54, 1.807) is 4.90 Å². The van der Waals surface area contributed by atoms with Crippen molar-refractivity contribution < 1.29 is 4.79 Å². The molecule has 3 atom stereocenters. The molecule has 0 heterocycles. The Labute approximate surface area is 119 Å². The van der Waals surface area contributed by atoms with Crippen molar-refractivity contribution >= 4 is 17.5 Å². The second-order valence-corrected chi connectivity index (χ2v) is 5.51. The average Bonchev–Trinajstić information content (AvgIpc) is 2.83. The van der Waals surface area contributed by atoms with Gasteiger partial charge in [-0.15, -0.1) is 0 Å². The molecule has 0 radical (unpaired) electrons. The van der Waals surface area contributed by atoms with E-state index < -0.39 is 0 Å². The van der Waals surface area contributed by atoms with Crippen LogP contribution in [0.25, 0.3) is 0 Å². The third-order valence-corrected chi connectivity index (χ3v) is 3.93. The zero-order valence-electron chi connectivity index (χ0n) is 11.2. The second kappa shape index (κ2) is 5.76. The van der Waals surface area contributed by atoms with Crippen LogP contribution in [0, 0.1) is 5.92 Å². The molecule has 1 aromatic carbocycles. The van der Waals surface area contributed by atoms with Crippen molar-refractivity contribution in [1.29, 1.82) is 0 Å². The van der Waals surface area contributed by atoms with Gasteiger partial charge in [0, 0.05) is 18.1 Å². The Bertz CT molecular complexity index is 501. The topological polar surface area (TPSA) is 46.3 Å². The number of halogens is 1. The number of benzene rings is 1. The van der Waals surface area contributed by atoms with E-state index in [1.165, 1.54) is 0 Å². The summed E-state index contributed by atoms with van der Waals surface area (Å²) in [5, 5.41) is 0.688. The molecule has 0 aromatic heterocycles. The maximum Gasteiger partial charge on any atom is 0.229 e. The quantitative estimate of drug-likeness (QED) is 0.864. The summed E-state index contributed by atoms with van der Waals surface area (Å²) >= 11 is 5.99. The van der Waals surface area contributed by atoms with Crippen molar-refractivity contribution in [3.05, 3.63) is 47.0 Å². The van der Waals surface area contributed by atoms with Crippen molar-refractivity contribution in [3.63, 3.8) is 0 Å². The van der Waals surface area contributed by atoms with Gasteiger partial charge in [-0.1, -0.05) is 35.9 Å². The molecule has 3 unspecified atom stereocenters. The van der Waals surface area contributed by atoms with Crippen LogP contribution in [0.4, 0.5) is 0 Å². The fraction of sp³-hybridized carbons (Fsp3) is 0.400. The van der Waals surface area contributed by atoms with Gasteiger partial charge in [0.2, 0.25) is 5.91 Å². The molecule has 1 aliphatic carbocycles. The third-order valence-electron chi connectivity index (χ3n) is 3.69. The standard InChI is InChI=1S/C15H19ClN2O/c1-10(11-4-3-5-13(16)8-11)18(2)15(19)12-6-7-14(17)9-12/h3-8,10,12,14H,9,17H2,1-2H3. The van der Waals surface area contributed by atoms with E-state index in [0.29, 0.717) is 11.4 Å². The van der Waals surface area contributed by atoms with Crippen LogP contribution in [-0.2, 0) is 4.79 Å². The summed E-state index contributed by atoms with van der Waals surface area (Å²) in [6.07, 6.45) is 4.51. The number of rotatable bonds is 3. The number of nitrogens with zero attached hydrogens (tertiary/aromatic N) is 1. The maximum absolute atomic E-state index is 12.4. The van der Waals surface area contributed by atoms with Crippen molar-refractivity contribution in [2.24, 2.45) is 11.7 Å². The SMILES string of the molecule is CC(c1cccc(Cl)c1)N(C)C(=O)C1C=CC(N)C1. The Morgan fingerprint density at radius 1 is 1.47 bits per heavy atom. The number of hydrogen-bond acceptors (Lipinski definition) is 2. The first-order chi connectivity index (χ1) is 8.99. The average molecular weight is 279 g/mol. The van der Waals surface area contributed by atoms with E-state index in [4.69, 9.17) is 17.3 Å². The molecule has 102 valence electrons. The van der Waals surface area contributed by atoms with Crippen LogP contribution in [0.15, 0.2) is 36.4 Å². The fourth-order valence-electron chi connectivity index (χ4n) is 2.35. The van der Waals surface area contributed by atoms with Crippen molar-refractivity contribution in [3.8, 4) is 0 Å². The summed E-state index contributed by atoms with van der Waals surface area (Å²) in [5.74, 6) is 0.0123. The molecule has 0 aliphatic heterocycles. The van der Waals surface area contributed by atoms with E-state index in [0.717, 1.165) is 5.56 Å². The summed E-state index contributed by atoms with van der Waals surface area (Å²) in [6.45, 7) is 2.00.